The second-order valence-corrected chi connectivity index (χ2v) is 7.09. The van der Waals surface area contributed by atoms with Crippen LogP contribution < -0.4 is 0 Å². The van der Waals surface area contributed by atoms with Crippen molar-refractivity contribution in [1.82, 2.24) is 14.5 Å². The maximum atomic E-state index is 12.5. The average molecular weight is 301 g/mol. The lowest BCUT2D eigenvalue weighted by Crippen LogP contribution is -2.32. The number of aromatic amines is 1. The lowest BCUT2D eigenvalue weighted by atomic mass is 9.82. The Morgan fingerprint density at radius 1 is 1.50 bits per heavy atom. The van der Waals surface area contributed by atoms with Crippen LogP contribution in [0.1, 0.15) is 43.5 Å². The third kappa shape index (κ3) is 2.33. The van der Waals surface area contributed by atoms with Gasteiger partial charge in [-0.1, -0.05) is 13.8 Å². The van der Waals surface area contributed by atoms with Crippen LogP contribution in [0.5, 0.6) is 0 Å². The smallest absolute Gasteiger partial charge is 0.340 e. The predicted molar refractivity (Wildman–Crippen MR) is 71.9 cm³/mol. The molecule has 0 spiro atoms. The Labute approximate surface area is 118 Å². The fourth-order valence-electron chi connectivity index (χ4n) is 2.68. The van der Waals surface area contributed by atoms with Gasteiger partial charge in [0.15, 0.2) is 5.03 Å². The minimum atomic E-state index is -3.83. The van der Waals surface area contributed by atoms with Gasteiger partial charge in [-0.05, 0) is 24.7 Å². The molecule has 1 saturated heterocycles. The van der Waals surface area contributed by atoms with Gasteiger partial charge in [0, 0.05) is 13.1 Å². The zero-order valence-electron chi connectivity index (χ0n) is 11.6. The Hall–Kier alpha value is -1.41. The molecule has 1 aliphatic heterocycles. The van der Waals surface area contributed by atoms with Crippen LogP contribution in [0.15, 0.2) is 11.2 Å². The summed E-state index contributed by atoms with van der Waals surface area (Å²) in [5.41, 5.74) is -0.313. The van der Waals surface area contributed by atoms with Crippen molar-refractivity contribution in [1.29, 1.82) is 0 Å². The SMILES string of the molecule is CCC1(CC)CCN(S(=O)(=O)c2[nH]ncc2C(=O)O)C1. The van der Waals surface area contributed by atoms with Crippen molar-refractivity contribution in [3.63, 3.8) is 0 Å². The van der Waals surface area contributed by atoms with E-state index in [4.69, 9.17) is 5.11 Å². The minimum Gasteiger partial charge on any atom is -0.478 e. The molecule has 1 aromatic heterocycles. The van der Waals surface area contributed by atoms with Gasteiger partial charge in [0.2, 0.25) is 0 Å². The molecule has 0 bridgehead atoms. The number of carboxylic acids is 1. The van der Waals surface area contributed by atoms with Crippen molar-refractivity contribution in [3.05, 3.63) is 11.8 Å². The van der Waals surface area contributed by atoms with Gasteiger partial charge in [0.05, 0.1) is 6.20 Å². The molecule has 2 N–H and O–H groups in total. The van der Waals surface area contributed by atoms with Gasteiger partial charge < -0.3 is 5.11 Å². The lowest BCUT2D eigenvalue weighted by molar-refractivity contribution is 0.0692. The first kappa shape index (κ1) is 15.0. The highest BCUT2D eigenvalue weighted by molar-refractivity contribution is 7.89. The molecule has 8 heteroatoms. The van der Waals surface area contributed by atoms with Crippen LogP contribution in [0.2, 0.25) is 0 Å². The summed E-state index contributed by atoms with van der Waals surface area (Å²) in [5.74, 6) is -1.30. The first-order chi connectivity index (χ1) is 9.36. The van der Waals surface area contributed by atoms with E-state index in [0.29, 0.717) is 13.1 Å². The highest BCUT2D eigenvalue weighted by Crippen LogP contribution is 2.39. The molecule has 20 heavy (non-hydrogen) atoms. The number of carboxylic acid groups (broad SMARTS) is 1. The van der Waals surface area contributed by atoms with Crippen LogP contribution in [-0.2, 0) is 10.0 Å². The molecular weight excluding hydrogens is 282 g/mol. The zero-order chi connectivity index (χ0) is 15.0. The number of rotatable bonds is 5. The molecule has 7 nitrogen and oxygen atoms in total. The van der Waals surface area contributed by atoms with Gasteiger partial charge in [0.25, 0.3) is 10.0 Å². The Morgan fingerprint density at radius 3 is 2.65 bits per heavy atom. The Balaban J connectivity index is 2.33. The molecular formula is C12H19N3O4S. The maximum Gasteiger partial charge on any atom is 0.340 e. The molecule has 2 heterocycles. The average Bonchev–Trinajstić information content (AvgIpc) is 3.06. The predicted octanol–water partition coefficient (Wildman–Crippen LogP) is 1.31. The van der Waals surface area contributed by atoms with Crippen molar-refractivity contribution in [3.8, 4) is 0 Å². The summed E-state index contributed by atoms with van der Waals surface area (Å²) in [6.07, 6.45) is 3.64. The number of aromatic nitrogens is 2. The summed E-state index contributed by atoms with van der Waals surface area (Å²) in [5, 5.41) is 14.5. The Morgan fingerprint density at radius 2 is 2.15 bits per heavy atom. The normalized spacial score (nSPS) is 19.3. The summed E-state index contributed by atoms with van der Waals surface area (Å²) in [7, 11) is -3.83. The third-order valence-electron chi connectivity index (χ3n) is 4.34. The van der Waals surface area contributed by atoms with E-state index in [9.17, 15) is 13.2 Å². The number of hydrogen-bond acceptors (Lipinski definition) is 4. The highest BCUT2D eigenvalue weighted by Gasteiger charge is 2.42. The van der Waals surface area contributed by atoms with Crippen molar-refractivity contribution in [2.45, 2.75) is 38.1 Å². The van der Waals surface area contributed by atoms with Crippen molar-refractivity contribution in [2.24, 2.45) is 5.41 Å². The summed E-state index contributed by atoms with van der Waals surface area (Å²) < 4.78 is 26.4. The number of nitrogens with one attached hydrogen (secondary N) is 1. The number of sulfonamides is 1. The number of nitrogens with zero attached hydrogens (tertiary/aromatic N) is 2. The largest absolute Gasteiger partial charge is 0.478 e. The van der Waals surface area contributed by atoms with Crippen LogP contribution >= 0.6 is 0 Å². The molecule has 0 aromatic carbocycles. The van der Waals surface area contributed by atoms with E-state index in [-0.39, 0.29) is 16.0 Å². The molecule has 1 fully saturated rings. The molecule has 1 aromatic rings. The van der Waals surface area contributed by atoms with Crippen LogP contribution in [0.3, 0.4) is 0 Å². The lowest BCUT2D eigenvalue weighted by Gasteiger charge is -2.26. The van der Waals surface area contributed by atoms with E-state index >= 15 is 0 Å². The topological polar surface area (TPSA) is 103 Å². The minimum absolute atomic E-state index is 0.00349. The van der Waals surface area contributed by atoms with Crippen LogP contribution in [0.4, 0.5) is 0 Å². The van der Waals surface area contributed by atoms with Gasteiger partial charge in [-0.15, -0.1) is 0 Å². The molecule has 112 valence electrons. The van der Waals surface area contributed by atoms with E-state index in [1.54, 1.807) is 0 Å². The quantitative estimate of drug-likeness (QED) is 0.853. The fourth-order valence-corrected chi connectivity index (χ4v) is 4.30. The number of H-pyrrole nitrogens is 1. The molecule has 0 amide bonds. The van der Waals surface area contributed by atoms with E-state index in [0.717, 1.165) is 25.5 Å². The van der Waals surface area contributed by atoms with E-state index in [2.05, 4.69) is 24.0 Å². The second-order valence-electron chi connectivity index (χ2n) is 5.21. The summed E-state index contributed by atoms with van der Waals surface area (Å²) in [6, 6.07) is 0. The molecule has 1 aliphatic rings. The Bertz CT molecular complexity index is 604. The van der Waals surface area contributed by atoms with E-state index in [1.165, 1.54) is 4.31 Å². The number of carbonyl (C=O) groups is 1. The van der Waals surface area contributed by atoms with Gasteiger partial charge in [-0.3, -0.25) is 5.10 Å². The van der Waals surface area contributed by atoms with Crippen LogP contribution in [0, 0.1) is 5.41 Å². The molecule has 0 saturated carbocycles. The van der Waals surface area contributed by atoms with Gasteiger partial charge in [-0.2, -0.15) is 9.40 Å². The van der Waals surface area contributed by atoms with Crippen LogP contribution in [-0.4, -0.2) is 47.1 Å². The molecule has 0 radical (unpaired) electrons. The van der Waals surface area contributed by atoms with E-state index in [1.807, 2.05) is 0 Å². The summed E-state index contributed by atoms with van der Waals surface area (Å²) >= 11 is 0. The maximum absolute atomic E-state index is 12.5. The summed E-state index contributed by atoms with van der Waals surface area (Å²) in [4.78, 5) is 11.0. The summed E-state index contributed by atoms with van der Waals surface area (Å²) in [6.45, 7) is 4.96. The van der Waals surface area contributed by atoms with Gasteiger partial charge in [0.1, 0.15) is 5.56 Å². The molecule has 0 aliphatic carbocycles. The van der Waals surface area contributed by atoms with Crippen LogP contribution in [0.25, 0.3) is 0 Å². The van der Waals surface area contributed by atoms with Gasteiger partial charge >= 0.3 is 5.97 Å². The third-order valence-corrected chi connectivity index (χ3v) is 6.15. The first-order valence-corrected chi connectivity index (χ1v) is 8.07. The highest BCUT2D eigenvalue weighted by atomic mass is 32.2. The Kier molecular flexibility index (Phi) is 3.88. The molecule has 2 rings (SSSR count). The standard InChI is InChI=1S/C12H19N3O4S/c1-3-12(4-2)5-6-15(8-12)20(18,19)10-9(11(16)17)7-13-14-10/h7H,3-6,8H2,1-2H3,(H,13,14)(H,16,17). The van der Waals surface area contributed by atoms with Crippen molar-refractivity contribution >= 4 is 16.0 Å². The molecule has 0 atom stereocenters. The zero-order valence-corrected chi connectivity index (χ0v) is 12.4. The van der Waals surface area contributed by atoms with Crippen molar-refractivity contribution < 1.29 is 18.3 Å². The molecule has 0 unspecified atom stereocenters. The fraction of sp³-hybridized carbons (Fsp3) is 0.667. The monoisotopic (exact) mass is 301 g/mol. The van der Waals surface area contributed by atoms with E-state index < -0.39 is 16.0 Å². The van der Waals surface area contributed by atoms with Crippen molar-refractivity contribution in [2.75, 3.05) is 13.1 Å². The second kappa shape index (κ2) is 5.17. The van der Waals surface area contributed by atoms with Gasteiger partial charge in [-0.25, -0.2) is 13.2 Å². The first-order valence-electron chi connectivity index (χ1n) is 6.63. The number of hydrogen-bond donors (Lipinski definition) is 2. The number of aromatic carboxylic acids is 1.